The van der Waals surface area contributed by atoms with Crippen LogP contribution in [0.15, 0.2) is 16.6 Å². The Morgan fingerprint density at radius 1 is 1.62 bits per heavy atom. The van der Waals surface area contributed by atoms with Crippen LogP contribution in [0.2, 0.25) is 0 Å². The molecule has 0 saturated heterocycles. The molecule has 0 aliphatic rings. The summed E-state index contributed by atoms with van der Waals surface area (Å²) in [6, 6.07) is 3.07. The summed E-state index contributed by atoms with van der Waals surface area (Å²) in [7, 11) is 0. The quantitative estimate of drug-likeness (QED) is 0.494. The molecule has 13 heavy (non-hydrogen) atoms. The number of nitrogens with zero attached hydrogens (tertiary/aromatic N) is 1. The van der Waals surface area contributed by atoms with Crippen molar-refractivity contribution in [1.29, 1.82) is 0 Å². The van der Waals surface area contributed by atoms with Crippen molar-refractivity contribution in [2.75, 3.05) is 5.73 Å². The molecule has 0 aromatic heterocycles. The van der Waals surface area contributed by atoms with E-state index in [4.69, 9.17) is 5.73 Å². The molecule has 0 unspecified atom stereocenters. The van der Waals surface area contributed by atoms with Crippen molar-refractivity contribution < 1.29 is 4.92 Å². The molecule has 0 spiro atoms. The fourth-order valence-corrected chi connectivity index (χ4v) is 1.60. The number of hydrogen-bond donors (Lipinski definition) is 1. The monoisotopic (exact) mass is 244 g/mol. The van der Waals surface area contributed by atoms with Gasteiger partial charge in [-0.25, -0.2) is 0 Å². The molecule has 0 aliphatic heterocycles. The minimum Gasteiger partial charge on any atom is -0.398 e. The largest absolute Gasteiger partial charge is 0.398 e. The number of aryl methyl sites for hydroxylation is 1. The second-order valence-corrected chi connectivity index (χ2v) is 3.47. The van der Waals surface area contributed by atoms with Crippen molar-refractivity contribution in [2.45, 2.75) is 13.3 Å². The third-order valence-corrected chi connectivity index (χ3v) is 2.42. The molecule has 0 bridgehead atoms. The van der Waals surface area contributed by atoms with Crippen LogP contribution in [-0.2, 0) is 6.42 Å². The maximum atomic E-state index is 10.5. The highest BCUT2D eigenvalue weighted by atomic mass is 79.9. The SMILES string of the molecule is CCc1cc(Br)c([N+](=O)[O-])cc1N. The number of nitro benzene ring substituents is 1. The smallest absolute Gasteiger partial charge is 0.285 e. The Labute approximate surface area is 84.0 Å². The van der Waals surface area contributed by atoms with Gasteiger partial charge in [0.2, 0.25) is 0 Å². The molecule has 0 saturated carbocycles. The molecule has 0 fully saturated rings. The normalized spacial score (nSPS) is 10.0. The molecule has 0 aliphatic carbocycles. The van der Waals surface area contributed by atoms with E-state index in [1.54, 1.807) is 6.07 Å². The maximum Gasteiger partial charge on any atom is 0.285 e. The number of hydrogen-bond acceptors (Lipinski definition) is 3. The molecule has 5 heteroatoms. The molecule has 0 radical (unpaired) electrons. The summed E-state index contributed by atoms with van der Waals surface area (Å²) in [5.41, 5.74) is 7.01. The van der Waals surface area contributed by atoms with Gasteiger partial charge in [-0.15, -0.1) is 0 Å². The molecule has 1 aromatic rings. The van der Waals surface area contributed by atoms with Crippen LogP contribution in [-0.4, -0.2) is 4.92 Å². The highest BCUT2D eigenvalue weighted by molar-refractivity contribution is 9.10. The first-order valence-corrected chi connectivity index (χ1v) is 4.57. The Balaban J connectivity index is 3.28. The zero-order valence-electron chi connectivity index (χ0n) is 7.08. The van der Waals surface area contributed by atoms with Gasteiger partial charge < -0.3 is 5.73 Å². The van der Waals surface area contributed by atoms with Gasteiger partial charge in [-0.05, 0) is 34.0 Å². The third kappa shape index (κ3) is 1.98. The number of halogens is 1. The first-order valence-electron chi connectivity index (χ1n) is 3.78. The van der Waals surface area contributed by atoms with E-state index in [2.05, 4.69) is 15.9 Å². The van der Waals surface area contributed by atoms with Crippen LogP contribution < -0.4 is 5.73 Å². The summed E-state index contributed by atoms with van der Waals surface area (Å²) >= 11 is 3.13. The third-order valence-electron chi connectivity index (χ3n) is 1.79. The van der Waals surface area contributed by atoms with Crippen LogP contribution in [0.4, 0.5) is 11.4 Å². The van der Waals surface area contributed by atoms with Gasteiger partial charge in [0.25, 0.3) is 5.69 Å². The number of anilines is 1. The van der Waals surface area contributed by atoms with Crippen molar-refractivity contribution in [3.63, 3.8) is 0 Å². The van der Waals surface area contributed by atoms with Gasteiger partial charge in [0.05, 0.1) is 9.40 Å². The van der Waals surface area contributed by atoms with Crippen molar-refractivity contribution in [3.8, 4) is 0 Å². The average molecular weight is 245 g/mol. The van der Waals surface area contributed by atoms with Gasteiger partial charge in [0, 0.05) is 11.8 Å². The highest BCUT2D eigenvalue weighted by Gasteiger charge is 2.13. The molecular formula is C8H9BrN2O2. The fraction of sp³-hybridized carbons (Fsp3) is 0.250. The fourth-order valence-electron chi connectivity index (χ4n) is 1.07. The van der Waals surface area contributed by atoms with Gasteiger partial charge in [-0.3, -0.25) is 10.1 Å². The summed E-state index contributed by atoms with van der Waals surface area (Å²) in [4.78, 5) is 10.0. The number of nitrogen functional groups attached to an aromatic ring is 1. The van der Waals surface area contributed by atoms with Gasteiger partial charge in [-0.2, -0.15) is 0 Å². The van der Waals surface area contributed by atoms with Crippen molar-refractivity contribution in [2.24, 2.45) is 0 Å². The van der Waals surface area contributed by atoms with Crippen LogP contribution in [0.3, 0.4) is 0 Å². The Morgan fingerprint density at radius 2 is 2.23 bits per heavy atom. The topological polar surface area (TPSA) is 69.2 Å². The van der Waals surface area contributed by atoms with Gasteiger partial charge in [-0.1, -0.05) is 6.92 Å². The predicted octanol–water partition coefficient (Wildman–Crippen LogP) is 2.50. The minimum atomic E-state index is -0.458. The average Bonchev–Trinajstić information content (AvgIpc) is 2.07. The molecule has 0 heterocycles. The molecule has 2 N–H and O–H groups in total. The van der Waals surface area contributed by atoms with Crippen LogP contribution in [0.1, 0.15) is 12.5 Å². The van der Waals surface area contributed by atoms with E-state index < -0.39 is 4.92 Å². The van der Waals surface area contributed by atoms with E-state index in [9.17, 15) is 10.1 Å². The second kappa shape index (κ2) is 3.74. The van der Waals surface area contributed by atoms with E-state index >= 15 is 0 Å². The Hall–Kier alpha value is -1.10. The van der Waals surface area contributed by atoms with Crippen LogP contribution >= 0.6 is 15.9 Å². The van der Waals surface area contributed by atoms with Gasteiger partial charge in [0.1, 0.15) is 0 Å². The lowest BCUT2D eigenvalue weighted by atomic mass is 10.1. The first-order chi connectivity index (χ1) is 6.06. The number of nitrogens with two attached hydrogens (primary N) is 1. The van der Waals surface area contributed by atoms with Crippen LogP contribution in [0.5, 0.6) is 0 Å². The van der Waals surface area contributed by atoms with Gasteiger partial charge >= 0.3 is 0 Å². The van der Waals surface area contributed by atoms with E-state index in [1.165, 1.54) is 6.07 Å². The lowest BCUT2D eigenvalue weighted by Crippen LogP contribution is -1.97. The zero-order valence-corrected chi connectivity index (χ0v) is 8.67. The van der Waals surface area contributed by atoms with E-state index in [1.807, 2.05) is 6.92 Å². The van der Waals surface area contributed by atoms with E-state index in [0.717, 1.165) is 12.0 Å². The minimum absolute atomic E-state index is 0.00898. The molecule has 4 nitrogen and oxygen atoms in total. The molecule has 0 atom stereocenters. The van der Waals surface area contributed by atoms with Crippen LogP contribution in [0.25, 0.3) is 0 Å². The number of rotatable bonds is 2. The lowest BCUT2D eigenvalue weighted by Gasteiger charge is -2.03. The Morgan fingerprint density at radius 3 is 2.69 bits per heavy atom. The van der Waals surface area contributed by atoms with Crippen molar-refractivity contribution in [3.05, 3.63) is 32.3 Å². The van der Waals surface area contributed by atoms with Crippen molar-refractivity contribution in [1.82, 2.24) is 0 Å². The van der Waals surface area contributed by atoms with E-state index in [0.29, 0.717) is 10.2 Å². The van der Waals surface area contributed by atoms with Gasteiger partial charge in [0.15, 0.2) is 0 Å². The standard InChI is InChI=1S/C8H9BrN2O2/c1-2-5-3-6(9)8(11(12)13)4-7(5)10/h3-4H,2,10H2,1H3. The predicted molar refractivity (Wildman–Crippen MR) is 54.6 cm³/mol. The molecule has 0 amide bonds. The lowest BCUT2D eigenvalue weighted by molar-refractivity contribution is -0.385. The summed E-state index contributed by atoms with van der Waals surface area (Å²) < 4.78 is 0.476. The Kier molecular flexibility index (Phi) is 2.87. The maximum absolute atomic E-state index is 10.5. The summed E-state index contributed by atoms with van der Waals surface area (Å²) in [6.07, 6.45) is 0.766. The summed E-state index contributed by atoms with van der Waals surface area (Å²) in [5.74, 6) is 0. The van der Waals surface area contributed by atoms with Crippen molar-refractivity contribution >= 4 is 27.3 Å². The first kappa shape index (κ1) is 9.98. The molecule has 70 valence electrons. The number of benzene rings is 1. The highest BCUT2D eigenvalue weighted by Crippen LogP contribution is 2.29. The van der Waals surface area contributed by atoms with Crippen LogP contribution in [0, 0.1) is 10.1 Å². The summed E-state index contributed by atoms with van der Waals surface area (Å²) in [6.45, 7) is 1.95. The molecule has 1 aromatic carbocycles. The Bertz CT molecular complexity index is 352. The summed E-state index contributed by atoms with van der Waals surface area (Å²) in [5, 5.41) is 10.5. The zero-order chi connectivity index (χ0) is 10.0. The molecular weight excluding hydrogens is 236 g/mol. The molecule has 1 rings (SSSR count). The number of nitro groups is 1. The van der Waals surface area contributed by atoms with E-state index in [-0.39, 0.29) is 5.69 Å². The second-order valence-electron chi connectivity index (χ2n) is 2.61.